The Labute approximate surface area is 213 Å². The Morgan fingerprint density at radius 2 is 1.43 bits per heavy atom. The van der Waals surface area contributed by atoms with Gasteiger partial charge in [-0.1, -0.05) is 49.7 Å². The van der Waals surface area contributed by atoms with Crippen molar-refractivity contribution in [2.24, 2.45) is 11.7 Å². The summed E-state index contributed by atoms with van der Waals surface area (Å²) in [5, 5.41) is 0.411. The van der Waals surface area contributed by atoms with E-state index in [0.29, 0.717) is 30.1 Å². The molecule has 0 saturated carbocycles. The molecule has 192 valence electrons. The van der Waals surface area contributed by atoms with E-state index in [1.165, 1.54) is 28.6 Å². The van der Waals surface area contributed by atoms with Gasteiger partial charge in [0.15, 0.2) is 0 Å². The van der Waals surface area contributed by atoms with E-state index in [1.54, 1.807) is 24.1 Å². The summed E-state index contributed by atoms with van der Waals surface area (Å²) in [6, 6.07) is 12.1. The van der Waals surface area contributed by atoms with Gasteiger partial charge in [0, 0.05) is 25.2 Å². The summed E-state index contributed by atoms with van der Waals surface area (Å²) in [4.78, 5) is 28.1. The minimum Gasteiger partial charge on any atom is -0.368 e. The first-order chi connectivity index (χ1) is 16.3. The van der Waals surface area contributed by atoms with Crippen molar-refractivity contribution in [2.75, 3.05) is 27.7 Å². The second-order valence-corrected chi connectivity index (χ2v) is 11.7. The minimum absolute atomic E-state index is 0.00250. The Hall–Kier alpha value is -2.46. The monoisotopic (exact) mass is 522 g/mol. The van der Waals surface area contributed by atoms with Crippen LogP contribution >= 0.6 is 11.6 Å². The fourth-order valence-electron chi connectivity index (χ4n) is 3.61. The van der Waals surface area contributed by atoms with Gasteiger partial charge in [-0.3, -0.25) is 9.59 Å². The van der Waals surface area contributed by atoms with E-state index in [1.807, 2.05) is 45.0 Å². The predicted octanol–water partition coefficient (Wildman–Crippen LogP) is 2.95. The molecule has 0 fully saturated rings. The summed E-state index contributed by atoms with van der Waals surface area (Å²) in [6.07, 6.45) is 0.291. The number of amides is 2. The number of rotatable bonds is 12. The number of hydrogen-bond acceptors (Lipinski definition) is 5. The highest BCUT2D eigenvalue weighted by atomic mass is 35.5. The van der Waals surface area contributed by atoms with Crippen LogP contribution in [0.1, 0.15) is 31.4 Å². The molecule has 0 heterocycles. The SMILES string of the molecule is CC(C)C[C@H](C(N)=O)N(Cc1ccc(CN(C)C(=O)CN(C)C)cc1)S(=O)(=O)c1ccc(Cl)cc1. The molecule has 2 amide bonds. The zero-order chi connectivity index (χ0) is 26.3. The molecule has 8 nitrogen and oxygen atoms in total. The van der Waals surface area contributed by atoms with Gasteiger partial charge in [-0.05, 0) is 61.8 Å². The quantitative estimate of drug-likeness (QED) is 0.461. The molecule has 0 aliphatic heterocycles. The number of halogens is 1. The molecule has 2 aromatic carbocycles. The first-order valence-electron chi connectivity index (χ1n) is 11.3. The predicted molar refractivity (Wildman–Crippen MR) is 138 cm³/mol. The Morgan fingerprint density at radius 1 is 0.914 bits per heavy atom. The lowest BCUT2D eigenvalue weighted by Gasteiger charge is -2.30. The van der Waals surface area contributed by atoms with Crippen LogP contribution in [0.4, 0.5) is 0 Å². The first kappa shape index (κ1) is 28.8. The molecule has 0 radical (unpaired) electrons. The molecule has 0 bridgehead atoms. The average molecular weight is 523 g/mol. The highest BCUT2D eigenvalue weighted by Crippen LogP contribution is 2.26. The molecule has 0 saturated heterocycles. The van der Waals surface area contributed by atoms with E-state index < -0.39 is 22.0 Å². The fourth-order valence-corrected chi connectivity index (χ4v) is 5.33. The van der Waals surface area contributed by atoms with Gasteiger partial charge in [0.2, 0.25) is 21.8 Å². The van der Waals surface area contributed by atoms with Crippen molar-refractivity contribution in [3.8, 4) is 0 Å². The second kappa shape index (κ2) is 12.5. The summed E-state index contributed by atoms with van der Waals surface area (Å²) in [7, 11) is 1.37. The van der Waals surface area contributed by atoms with Gasteiger partial charge in [-0.15, -0.1) is 0 Å². The molecule has 0 aliphatic rings. The van der Waals surface area contributed by atoms with Gasteiger partial charge < -0.3 is 15.5 Å². The summed E-state index contributed by atoms with van der Waals surface area (Å²) < 4.78 is 28.3. The van der Waals surface area contributed by atoms with E-state index >= 15 is 0 Å². The number of nitrogens with zero attached hydrogens (tertiary/aromatic N) is 3. The van der Waals surface area contributed by atoms with Crippen LogP contribution in [0.5, 0.6) is 0 Å². The number of carbonyl (C=O) groups is 2. The molecule has 0 spiro atoms. The fraction of sp³-hybridized carbons (Fsp3) is 0.440. The van der Waals surface area contributed by atoms with Gasteiger partial charge in [-0.25, -0.2) is 8.42 Å². The standard InChI is InChI=1S/C25H35ClN4O4S/c1-18(2)14-23(25(27)32)30(35(33,34)22-12-10-21(26)11-13-22)16-20-8-6-19(7-9-20)15-29(5)24(31)17-28(3)4/h6-13,18,23H,14-17H2,1-5H3,(H2,27,32)/t23-/m1/s1. The Morgan fingerprint density at radius 3 is 1.89 bits per heavy atom. The van der Waals surface area contributed by atoms with Crippen LogP contribution in [0.15, 0.2) is 53.4 Å². The van der Waals surface area contributed by atoms with Crippen molar-refractivity contribution in [2.45, 2.75) is 44.3 Å². The zero-order valence-electron chi connectivity index (χ0n) is 20.9. The van der Waals surface area contributed by atoms with Crippen LogP contribution in [0.3, 0.4) is 0 Å². The third-order valence-corrected chi connectivity index (χ3v) is 7.57. The number of likely N-dealkylation sites (N-methyl/N-ethyl adjacent to an activating group) is 2. The van der Waals surface area contributed by atoms with Crippen molar-refractivity contribution in [1.82, 2.24) is 14.1 Å². The third kappa shape index (κ3) is 8.31. The molecular weight excluding hydrogens is 488 g/mol. The first-order valence-corrected chi connectivity index (χ1v) is 13.2. The lowest BCUT2D eigenvalue weighted by atomic mass is 10.0. The summed E-state index contributed by atoms with van der Waals surface area (Å²) in [6.45, 7) is 4.53. The van der Waals surface area contributed by atoms with E-state index in [4.69, 9.17) is 17.3 Å². The highest BCUT2D eigenvalue weighted by Gasteiger charge is 2.35. The summed E-state index contributed by atoms with van der Waals surface area (Å²) in [5.41, 5.74) is 7.28. The van der Waals surface area contributed by atoms with Crippen LogP contribution in [0.25, 0.3) is 0 Å². The molecule has 2 N–H and O–H groups in total. The van der Waals surface area contributed by atoms with Crippen LogP contribution in [0.2, 0.25) is 5.02 Å². The van der Waals surface area contributed by atoms with Crippen molar-refractivity contribution < 1.29 is 18.0 Å². The molecule has 10 heteroatoms. The molecule has 2 aromatic rings. The molecule has 0 aliphatic carbocycles. The van der Waals surface area contributed by atoms with Gasteiger partial charge >= 0.3 is 0 Å². The van der Waals surface area contributed by atoms with Gasteiger partial charge in [0.05, 0.1) is 11.4 Å². The second-order valence-electron chi connectivity index (χ2n) is 9.36. The molecule has 1 atom stereocenters. The number of benzene rings is 2. The lowest BCUT2D eigenvalue weighted by molar-refractivity contribution is -0.131. The molecule has 2 rings (SSSR count). The van der Waals surface area contributed by atoms with Gasteiger partial charge in [0.25, 0.3) is 0 Å². The third-order valence-electron chi connectivity index (χ3n) is 5.45. The number of primary amides is 1. The summed E-state index contributed by atoms with van der Waals surface area (Å²) in [5.74, 6) is -0.654. The topological polar surface area (TPSA) is 104 Å². The van der Waals surface area contributed by atoms with Crippen LogP contribution in [-0.4, -0.2) is 68.1 Å². The van der Waals surface area contributed by atoms with Gasteiger partial charge in [-0.2, -0.15) is 4.31 Å². The maximum absolute atomic E-state index is 13.6. The molecule has 0 unspecified atom stereocenters. The van der Waals surface area contributed by atoms with Crippen molar-refractivity contribution in [1.29, 1.82) is 0 Å². The minimum atomic E-state index is -4.04. The smallest absolute Gasteiger partial charge is 0.244 e. The summed E-state index contributed by atoms with van der Waals surface area (Å²) >= 11 is 5.94. The zero-order valence-corrected chi connectivity index (χ0v) is 22.5. The van der Waals surface area contributed by atoms with Crippen LogP contribution < -0.4 is 5.73 Å². The molecular formula is C25H35ClN4O4S. The average Bonchev–Trinajstić information content (AvgIpc) is 2.76. The number of nitrogens with two attached hydrogens (primary N) is 1. The number of sulfonamides is 1. The maximum atomic E-state index is 13.6. The van der Waals surface area contributed by atoms with Crippen LogP contribution in [-0.2, 0) is 32.7 Å². The van der Waals surface area contributed by atoms with E-state index in [2.05, 4.69) is 0 Å². The van der Waals surface area contributed by atoms with Crippen molar-refractivity contribution >= 4 is 33.4 Å². The Bertz CT molecular complexity index is 1100. The van der Waals surface area contributed by atoms with E-state index in [9.17, 15) is 18.0 Å². The molecule has 0 aromatic heterocycles. The number of hydrogen-bond donors (Lipinski definition) is 1. The van der Waals surface area contributed by atoms with Crippen molar-refractivity contribution in [3.05, 3.63) is 64.7 Å². The lowest BCUT2D eigenvalue weighted by Crippen LogP contribution is -2.48. The highest BCUT2D eigenvalue weighted by molar-refractivity contribution is 7.89. The number of carbonyl (C=O) groups excluding carboxylic acids is 2. The normalized spacial score (nSPS) is 12.8. The Balaban J connectivity index is 2.33. The van der Waals surface area contributed by atoms with Crippen molar-refractivity contribution in [3.63, 3.8) is 0 Å². The molecule has 35 heavy (non-hydrogen) atoms. The van der Waals surface area contributed by atoms with E-state index in [-0.39, 0.29) is 23.3 Å². The largest absolute Gasteiger partial charge is 0.368 e. The van der Waals surface area contributed by atoms with Gasteiger partial charge in [0.1, 0.15) is 6.04 Å². The van der Waals surface area contributed by atoms with E-state index in [0.717, 1.165) is 5.56 Å². The Kier molecular flexibility index (Phi) is 10.3. The van der Waals surface area contributed by atoms with Crippen LogP contribution in [0, 0.1) is 5.92 Å². The maximum Gasteiger partial charge on any atom is 0.244 e.